The van der Waals surface area contributed by atoms with Crippen molar-refractivity contribution in [3.63, 3.8) is 0 Å². The Hall–Kier alpha value is -3.22. The van der Waals surface area contributed by atoms with Crippen LogP contribution in [0.2, 0.25) is 0 Å². The second-order valence-electron chi connectivity index (χ2n) is 8.89. The van der Waals surface area contributed by atoms with Gasteiger partial charge < -0.3 is 15.4 Å². The lowest BCUT2D eigenvalue weighted by Crippen LogP contribution is -2.55. The molecule has 0 heterocycles. The molecule has 0 radical (unpaired) electrons. The number of hydrogen-bond donors (Lipinski definition) is 2. The van der Waals surface area contributed by atoms with Gasteiger partial charge in [-0.05, 0) is 36.5 Å². The van der Waals surface area contributed by atoms with Crippen molar-refractivity contribution in [2.24, 2.45) is 16.8 Å². The van der Waals surface area contributed by atoms with Crippen LogP contribution in [0.4, 0.5) is 0 Å². The summed E-state index contributed by atoms with van der Waals surface area (Å²) in [6.45, 7) is 11.2. The first-order valence-electron chi connectivity index (χ1n) is 12.0. The van der Waals surface area contributed by atoms with Gasteiger partial charge in [0.25, 0.3) is 0 Å². The molecule has 2 N–H and O–H groups in total. The molecule has 2 aromatic rings. The van der Waals surface area contributed by atoms with E-state index in [0.29, 0.717) is 6.42 Å². The van der Waals surface area contributed by atoms with Crippen LogP contribution in [-0.2, 0) is 19.1 Å². The van der Waals surface area contributed by atoms with E-state index < -0.39 is 30.0 Å². The van der Waals surface area contributed by atoms with Crippen molar-refractivity contribution in [1.82, 2.24) is 10.6 Å². The average Bonchev–Trinajstić information content (AvgIpc) is 2.82. The molecule has 4 atom stereocenters. The summed E-state index contributed by atoms with van der Waals surface area (Å²) >= 11 is 0. The largest absolute Gasteiger partial charge is 0.464 e. The molecular formula is C27H37N3O4. The lowest BCUT2D eigenvalue weighted by Gasteiger charge is -2.27. The first-order chi connectivity index (χ1) is 16.2. The summed E-state index contributed by atoms with van der Waals surface area (Å²) in [5.74, 6) is -1.46. The molecule has 0 bridgehead atoms. The van der Waals surface area contributed by atoms with Crippen molar-refractivity contribution in [2.75, 3.05) is 6.61 Å². The number of rotatable bonds is 11. The summed E-state index contributed by atoms with van der Waals surface area (Å²) in [6.07, 6.45) is 2.41. The maximum Gasteiger partial charge on any atom is 0.328 e. The first-order valence-corrected chi connectivity index (χ1v) is 12.0. The summed E-state index contributed by atoms with van der Waals surface area (Å²) in [5.41, 5.74) is 0.927. The van der Waals surface area contributed by atoms with Gasteiger partial charge in [0.15, 0.2) is 0 Å². The van der Waals surface area contributed by atoms with Gasteiger partial charge >= 0.3 is 5.97 Å². The highest BCUT2D eigenvalue weighted by Crippen LogP contribution is 2.18. The molecular weight excluding hydrogens is 430 g/mol. The Labute approximate surface area is 202 Å². The number of carbonyl (C=O) groups is 3. The van der Waals surface area contributed by atoms with Gasteiger partial charge in [0.1, 0.15) is 18.1 Å². The number of ether oxygens (including phenoxy) is 1. The topological polar surface area (TPSA) is 96.9 Å². The van der Waals surface area contributed by atoms with E-state index in [1.54, 1.807) is 20.1 Å². The van der Waals surface area contributed by atoms with Gasteiger partial charge in [-0.15, -0.1) is 0 Å². The zero-order valence-corrected chi connectivity index (χ0v) is 21.0. The molecule has 0 fully saturated rings. The second kappa shape index (κ2) is 12.9. The normalized spacial score (nSPS) is 15.0. The Morgan fingerprint density at radius 3 is 2.26 bits per heavy atom. The number of nitrogens with zero attached hydrogens (tertiary/aromatic N) is 1. The van der Waals surface area contributed by atoms with Crippen LogP contribution >= 0.6 is 0 Å². The minimum Gasteiger partial charge on any atom is -0.464 e. The van der Waals surface area contributed by atoms with Crippen molar-refractivity contribution >= 4 is 34.8 Å². The molecule has 0 aromatic heterocycles. The molecule has 0 aliphatic heterocycles. The van der Waals surface area contributed by atoms with Gasteiger partial charge in [-0.25, -0.2) is 4.79 Å². The van der Waals surface area contributed by atoms with Crippen LogP contribution in [0.5, 0.6) is 0 Å². The van der Waals surface area contributed by atoms with Gasteiger partial charge in [0, 0.05) is 11.8 Å². The zero-order chi connectivity index (χ0) is 25.3. The van der Waals surface area contributed by atoms with Crippen molar-refractivity contribution < 1.29 is 19.1 Å². The number of esters is 1. The van der Waals surface area contributed by atoms with Crippen molar-refractivity contribution in [1.29, 1.82) is 0 Å². The fraction of sp³-hybridized carbons (Fsp3) is 0.481. The second-order valence-corrected chi connectivity index (χ2v) is 8.89. The third kappa shape index (κ3) is 7.14. The van der Waals surface area contributed by atoms with Crippen LogP contribution < -0.4 is 10.6 Å². The summed E-state index contributed by atoms with van der Waals surface area (Å²) in [6, 6.07) is 11.7. The third-order valence-corrected chi connectivity index (χ3v) is 5.89. The van der Waals surface area contributed by atoms with E-state index in [2.05, 4.69) is 15.6 Å². The van der Waals surface area contributed by atoms with Gasteiger partial charge in [-0.1, -0.05) is 76.6 Å². The minimum atomic E-state index is -0.804. The third-order valence-electron chi connectivity index (χ3n) is 5.89. The van der Waals surface area contributed by atoms with Gasteiger partial charge in [0.2, 0.25) is 11.8 Å². The van der Waals surface area contributed by atoms with Crippen molar-refractivity contribution in [3.8, 4) is 0 Å². The Morgan fingerprint density at radius 1 is 0.941 bits per heavy atom. The van der Waals surface area contributed by atoms with Crippen LogP contribution in [0.15, 0.2) is 47.5 Å². The maximum absolute atomic E-state index is 13.2. The molecule has 2 aromatic carbocycles. The maximum atomic E-state index is 13.2. The Balaban J connectivity index is 2.21. The first kappa shape index (κ1) is 27.0. The standard InChI is InChI=1S/C27H37N3O4/c1-7-18(5)24(26(32)29-19(6)27(33)34-8-2)30-25(31)23(17(3)4)28-16-21-14-11-13-20-12-9-10-15-22(20)21/h9-19,23-24H,7-8H2,1-6H3,(H,29,32)(H,30,31)/t18?,19-,23-,24-/m0/s1. The quantitative estimate of drug-likeness (QED) is 0.387. The van der Waals surface area contributed by atoms with Crippen LogP contribution in [0, 0.1) is 11.8 Å². The number of nitrogens with one attached hydrogen (secondary N) is 2. The van der Waals surface area contributed by atoms with E-state index in [1.807, 2.05) is 70.2 Å². The molecule has 2 rings (SSSR count). The molecule has 34 heavy (non-hydrogen) atoms. The molecule has 7 nitrogen and oxygen atoms in total. The van der Waals surface area contributed by atoms with Gasteiger partial charge in [-0.2, -0.15) is 0 Å². The van der Waals surface area contributed by atoms with E-state index in [4.69, 9.17) is 4.74 Å². The summed E-state index contributed by atoms with van der Waals surface area (Å²) in [7, 11) is 0. The van der Waals surface area contributed by atoms with Crippen LogP contribution in [0.3, 0.4) is 0 Å². The summed E-state index contributed by atoms with van der Waals surface area (Å²) in [5, 5.41) is 7.70. The van der Waals surface area contributed by atoms with Crippen LogP contribution in [-0.4, -0.2) is 48.7 Å². The van der Waals surface area contributed by atoms with E-state index in [-0.39, 0.29) is 24.3 Å². The highest BCUT2D eigenvalue weighted by Gasteiger charge is 2.31. The number of benzene rings is 2. The fourth-order valence-electron chi connectivity index (χ4n) is 3.64. The Morgan fingerprint density at radius 2 is 1.62 bits per heavy atom. The molecule has 0 spiro atoms. The number of aliphatic imine (C=N–C) groups is 1. The number of carbonyl (C=O) groups excluding carboxylic acids is 3. The number of hydrogen-bond acceptors (Lipinski definition) is 5. The summed E-state index contributed by atoms with van der Waals surface area (Å²) in [4.78, 5) is 42.7. The Kier molecular flexibility index (Phi) is 10.2. The molecule has 7 heteroatoms. The molecule has 0 aliphatic rings. The predicted molar refractivity (Wildman–Crippen MR) is 136 cm³/mol. The Bertz CT molecular complexity index is 1010. The zero-order valence-electron chi connectivity index (χ0n) is 21.0. The molecule has 1 unspecified atom stereocenters. The van der Waals surface area contributed by atoms with Gasteiger partial charge in [0.05, 0.1) is 6.61 Å². The highest BCUT2D eigenvalue weighted by molar-refractivity contribution is 6.00. The van der Waals surface area contributed by atoms with E-state index in [0.717, 1.165) is 16.3 Å². The summed E-state index contributed by atoms with van der Waals surface area (Å²) < 4.78 is 4.97. The van der Waals surface area contributed by atoms with E-state index >= 15 is 0 Å². The molecule has 0 saturated carbocycles. The molecule has 2 amide bonds. The number of amides is 2. The smallest absolute Gasteiger partial charge is 0.328 e. The van der Waals surface area contributed by atoms with Crippen LogP contribution in [0.25, 0.3) is 10.8 Å². The van der Waals surface area contributed by atoms with Crippen molar-refractivity contribution in [2.45, 2.75) is 66.1 Å². The average molecular weight is 468 g/mol. The lowest BCUT2D eigenvalue weighted by molar-refractivity contribution is -0.147. The molecule has 0 saturated heterocycles. The predicted octanol–water partition coefficient (Wildman–Crippen LogP) is 3.88. The fourth-order valence-corrected chi connectivity index (χ4v) is 3.64. The molecule has 0 aliphatic carbocycles. The monoisotopic (exact) mass is 467 g/mol. The van der Waals surface area contributed by atoms with Gasteiger partial charge in [-0.3, -0.25) is 14.6 Å². The highest BCUT2D eigenvalue weighted by atomic mass is 16.5. The van der Waals surface area contributed by atoms with E-state index in [9.17, 15) is 14.4 Å². The van der Waals surface area contributed by atoms with E-state index in [1.165, 1.54) is 0 Å². The minimum absolute atomic E-state index is 0.0784. The lowest BCUT2D eigenvalue weighted by atomic mass is 9.96. The number of fused-ring (bicyclic) bond motifs is 1. The van der Waals surface area contributed by atoms with Crippen LogP contribution in [0.1, 0.15) is 53.5 Å². The molecule has 184 valence electrons. The SMILES string of the molecule is CCOC(=O)[C@H](C)NC(=O)[C@@H](NC(=O)[C@@H](N=Cc1cccc2ccccc12)C(C)C)C(C)CC. The van der Waals surface area contributed by atoms with Crippen molar-refractivity contribution in [3.05, 3.63) is 48.0 Å².